The zero-order valence-electron chi connectivity index (χ0n) is 49.5. The van der Waals surface area contributed by atoms with E-state index in [1.54, 1.807) is 50.2 Å². The van der Waals surface area contributed by atoms with E-state index in [0.29, 0.717) is 77.2 Å². The number of benzene rings is 2. The van der Waals surface area contributed by atoms with E-state index >= 15 is 4.39 Å². The second-order valence-corrected chi connectivity index (χ2v) is 21.5. The molecule has 8 N–H and O–H groups in total. The molecule has 1 unspecified atom stereocenters. The molecule has 2 aromatic carbocycles. The first-order valence-electron chi connectivity index (χ1n) is 29.5. The number of cyclic esters (lactones) is 1. The van der Waals surface area contributed by atoms with Crippen LogP contribution in [0.25, 0.3) is 22.3 Å². The molecular formula is C61H73FN10O17. The average Bonchev–Trinajstić information content (AvgIpc) is 1.69. The lowest BCUT2D eigenvalue weighted by Crippen LogP contribution is -2.52. The minimum atomic E-state index is -2.05. The largest absolute Gasteiger partial charge is 0.458 e. The molecule has 5 heterocycles. The molecule has 2 aromatic heterocycles. The lowest BCUT2D eigenvalue weighted by Gasteiger charge is -2.31. The fourth-order valence-corrected chi connectivity index (χ4v) is 10.8. The molecule has 4 aliphatic rings. The van der Waals surface area contributed by atoms with Gasteiger partial charge in [0.2, 0.25) is 41.4 Å². The molecule has 476 valence electrons. The van der Waals surface area contributed by atoms with Crippen molar-refractivity contribution < 1.29 is 81.1 Å². The molecule has 0 fully saturated rings. The van der Waals surface area contributed by atoms with Crippen molar-refractivity contribution in [3.8, 4) is 11.4 Å². The number of halogens is 1. The number of ether oxygens (including phenoxy) is 5. The van der Waals surface area contributed by atoms with E-state index in [1.807, 2.05) is 0 Å². The maximum absolute atomic E-state index is 15.4. The number of fused-ring (bicyclic) bond motifs is 5. The Balaban J connectivity index is 0.691. The van der Waals surface area contributed by atoms with Crippen molar-refractivity contribution in [3.05, 3.63) is 110 Å². The first-order valence-corrected chi connectivity index (χ1v) is 29.5. The van der Waals surface area contributed by atoms with Crippen molar-refractivity contribution in [2.75, 3.05) is 92.1 Å². The summed E-state index contributed by atoms with van der Waals surface area (Å²) in [4.78, 5) is 146. The van der Waals surface area contributed by atoms with Crippen molar-refractivity contribution in [1.82, 2.24) is 51.7 Å². The van der Waals surface area contributed by atoms with Gasteiger partial charge in [0.15, 0.2) is 5.60 Å². The van der Waals surface area contributed by atoms with E-state index in [2.05, 4.69) is 37.2 Å². The molecule has 4 aromatic rings. The van der Waals surface area contributed by atoms with Crippen molar-refractivity contribution in [2.24, 2.45) is 0 Å². The standard InChI is InChI=1S/C61H73FN10O17/c1-3-61(84)41-29-46-57-39(34-72(46)59(82)40(41)35-89-60(61)83)56-43(12-11-38-36(2)42(62)30-44(70-57)55(38)56)68-49(75)10-7-17-63-50(76)32-67-58(81)45(28-37-8-5-4-6-9-37)69-52(78)33-66-51(77)31-65-48(74)16-20-85-22-24-87-26-27-88-25-23-86-21-18-64-47(73)15-19-71-53(79)13-14-54(71)80/h4-6,8-9,13-14,29-30,43,45,84H,3,7,10-12,15-28,31-35H2,1-2H3,(H,63,76)(H,64,73)(H,65,74)(H,66,77)(H,67,81)(H,68,75)(H,69,78)/t43-,45?,61-/m0/s1. The monoisotopic (exact) mass is 1240 g/mol. The maximum atomic E-state index is 15.4. The SMILES string of the molecule is CC[C@@]1(O)C(=O)OCc2c1cc1n(c2=O)Cc2c-1nc1cc(F)c(C)c3c1c2[C@@H](NC(=O)CCCNC(=O)CNC(=O)C(Cc1ccccc1)NC(=O)CNC(=O)CNC(=O)CCOCCOCCOCCOCCNC(=O)CCN1C(=O)C=CC1=O)CC3. The van der Waals surface area contributed by atoms with Gasteiger partial charge in [0.25, 0.3) is 17.4 Å². The number of imide groups is 1. The number of amides is 9. The third-order valence-corrected chi connectivity index (χ3v) is 15.5. The van der Waals surface area contributed by atoms with Crippen molar-refractivity contribution >= 4 is 70.0 Å². The minimum absolute atomic E-state index is 0.00218. The number of pyridine rings is 2. The summed E-state index contributed by atoms with van der Waals surface area (Å²) < 4.78 is 43.8. The van der Waals surface area contributed by atoms with E-state index in [9.17, 15) is 57.8 Å². The number of carbonyl (C=O) groups is 10. The van der Waals surface area contributed by atoms with Crippen LogP contribution < -0.4 is 42.8 Å². The first-order chi connectivity index (χ1) is 42.9. The highest BCUT2D eigenvalue weighted by Gasteiger charge is 2.46. The molecule has 0 spiro atoms. The summed E-state index contributed by atoms with van der Waals surface area (Å²) in [5.74, 6) is -5.93. The zero-order valence-corrected chi connectivity index (χ0v) is 49.5. The summed E-state index contributed by atoms with van der Waals surface area (Å²) in [5.41, 5.74) is 2.10. The topological polar surface area (TPSA) is 359 Å². The van der Waals surface area contributed by atoms with Crippen molar-refractivity contribution in [3.63, 3.8) is 0 Å². The quantitative estimate of drug-likeness (QED) is 0.0146. The summed E-state index contributed by atoms with van der Waals surface area (Å²) in [5, 5.41) is 30.5. The molecular weight excluding hydrogens is 1160 g/mol. The van der Waals surface area contributed by atoms with E-state index < -0.39 is 96.0 Å². The highest BCUT2D eigenvalue weighted by molar-refractivity contribution is 6.13. The van der Waals surface area contributed by atoms with Crippen molar-refractivity contribution in [2.45, 2.75) is 96.1 Å². The van der Waals surface area contributed by atoms with E-state index in [0.717, 1.165) is 22.6 Å². The number of hydrogen-bond donors (Lipinski definition) is 8. The van der Waals surface area contributed by atoms with Crippen LogP contribution in [0.1, 0.15) is 90.4 Å². The van der Waals surface area contributed by atoms with Gasteiger partial charge in [-0.05, 0) is 60.9 Å². The molecule has 3 aliphatic heterocycles. The number of aromatic nitrogens is 2. The zero-order chi connectivity index (χ0) is 63.6. The Kier molecular flexibility index (Phi) is 23.3. The number of nitrogens with one attached hydrogen (secondary N) is 7. The van der Waals surface area contributed by atoms with Crippen LogP contribution in [-0.4, -0.2) is 177 Å². The van der Waals surface area contributed by atoms with E-state index in [-0.39, 0.29) is 127 Å². The summed E-state index contributed by atoms with van der Waals surface area (Å²) in [6, 6.07) is 10.0. The molecule has 0 saturated carbocycles. The Labute approximate surface area is 510 Å². The number of hydrogen-bond acceptors (Lipinski definition) is 18. The number of rotatable bonds is 34. The molecule has 0 bridgehead atoms. The minimum Gasteiger partial charge on any atom is -0.458 e. The van der Waals surface area contributed by atoms with Gasteiger partial charge in [0, 0.05) is 80.0 Å². The smallest absolute Gasteiger partial charge is 0.343 e. The molecule has 0 saturated heterocycles. The fourth-order valence-electron chi connectivity index (χ4n) is 10.8. The Hall–Kier alpha value is -8.83. The highest BCUT2D eigenvalue weighted by atomic mass is 19.1. The third-order valence-electron chi connectivity index (χ3n) is 15.5. The predicted molar refractivity (Wildman–Crippen MR) is 313 cm³/mol. The third kappa shape index (κ3) is 17.1. The van der Waals surface area contributed by atoms with Gasteiger partial charge in [-0.3, -0.25) is 52.8 Å². The number of carbonyl (C=O) groups excluding carboxylic acids is 10. The number of aryl methyl sites for hydroxylation is 1. The van der Waals surface area contributed by atoms with Gasteiger partial charge in [0.1, 0.15) is 18.5 Å². The van der Waals surface area contributed by atoms with Crippen LogP contribution >= 0.6 is 0 Å². The van der Waals surface area contributed by atoms with Gasteiger partial charge in [-0.2, -0.15) is 0 Å². The average molecular weight is 1240 g/mol. The summed E-state index contributed by atoms with van der Waals surface area (Å²) >= 11 is 0. The lowest BCUT2D eigenvalue weighted by atomic mass is 9.81. The van der Waals surface area contributed by atoms with Crippen LogP contribution in [0.15, 0.2) is 59.4 Å². The number of nitrogens with zero attached hydrogens (tertiary/aromatic N) is 3. The summed E-state index contributed by atoms with van der Waals surface area (Å²) in [6.07, 6.45) is 3.34. The van der Waals surface area contributed by atoms with Crippen LogP contribution in [0.4, 0.5) is 4.39 Å². The van der Waals surface area contributed by atoms with Gasteiger partial charge in [-0.15, -0.1) is 0 Å². The molecule has 27 nitrogen and oxygen atoms in total. The van der Waals surface area contributed by atoms with Gasteiger partial charge < -0.3 is 70.6 Å². The fraction of sp³-hybridized carbons (Fsp3) is 0.475. The Morgan fingerprint density at radius 1 is 0.730 bits per heavy atom. The van der Waals surface area contributed by atoms with Crippen LogP contribution in [-0.2, 0) is 103 Å². The Morgan fingerprint density at radius 2 is 1.36 bits per heavy atom. The van der Waals surface area contributed by atoms with Gasteiger partial charge in [-0.25, -0.2) is 14.2 Å². The molecule has 3 atom stereocenters. The molecule has 0 radical (unpaired) electrons. The molecule has 1 aliphatic carbocycles. The Bertz CT molecular complexity index is 3430. The van der Waals surface area contributed by atoms with Crippen LogP contribution in [0.3, 0.4) is 0 Å². The van der Waals surface area contributed by atoms with Crippen LogP contribution in [0.2, 0.25) is 0 Å². The second-order valence-electron chi connectivity index (χ2n) is 21.5. The maximum Gasteiger partial charge on any atom is 0.343 e. The molecule has 28 heteroatoms. The molecule has 89 heavy (non-hydrogen) atoms. The first kappa shape index (κ1) is 66.1. The second kappa shape index (κ2) is 31.4. The van der Waals surface area contributed by atoms with E-state index in [1.165, 1.54) is 10.6 Å². The predicted octanol–water partition coefficient (Wildman–Crippen LogP) is -0.509. The number of aliphatic hydroxyl groups is 1. The summed E-state index contributed by atoms with van der Waals surface area (Å²) in [6.45, 7) is 3.91. The molecule has 8 rings (SSSR count). The van der Waals surface area contributed by atoms with Gasteiger partial charge in [-0.1, -0.05) is 37.3 Å². The summed E-state index contributed by atoms with van der Waals surface area (Å²) in [7, 11) is 0. The normalized spacial score (nSPS) is 16.4. The van der Waals surface area contributed by atoms with Gasteiger partial charge >= 0.3 is 5.97 Å². The highest BCUT2D eigenvalue weighted by Crippen LogP contribution is 2.46. The number of esters is 1. The van der Waals surface area contributed by atoms with Crippen LogP contribution in [0, 0.1) is 12.7 Å². The van der Waals surface area contributed by atoms with Crippen LogP contribution in [0.5, 0.6) is 0 Å². The lowest BCUT2D eigenvalue weighted by molar-refractivity contribution is -0.172. The van der Waals surface area contributed by atoms with Gasteiger partial charge in [0.05, 0.1) is 108 Å². The molecule has 9 amide bonds. The van der Waals surface area contributed by atoms with E-state index in [4.69, 9.17) is 28.7 Å². The Morgan fingerprint density at radius 3 is 2.07 bits per heavy atom. The van der Waals surface area contributed by atoms with Crippen molar-refractivity contribution in [1.29, 1.82) is 0 Å².